The largest absolute Gasteiger partial charge is 0.443 e. The van der Waals surface area contributed by atoms with Gasteiger partial charge >= 0.3 is 6.18 Å². The molecular formula is C15H23F3N2S. The summed E-state index contributed by atoms with van der Waals surface area (Å²) in [6, 6.07) is 0.00512. The predicted molar refractivity (Wildman–Crippen MR) is 79.3 cm³/mol. The van der Waals surface area contributed by atoms with E-state index in [1.165, 1.54) is 38.3 Å². The molecule has 1 fully saturated rings. The number of nitrogens with zero attached hydrogens (tertiary/aromatic N) is 1. The lowest BCUT2D eigenvalue weighted by Crippen LogP contribution is -2.21. The minimum absolute atomic E-state index is 0.00512. The van der Waals surface area contributed by atoms with Gasteiger partial charge in [0.2, 0.25) is 0 Å². The molecule has 1 saturated carbocycles. The molecule has 1 aliphatic carbocycles. The summed E-state index contributed by atoms with van der Waals surface area (Å²) in [5.41, 5.74) is 0. The van der Waals surface area contributed by atoms with Crippen LogP contribution in [0.15, 0.2) is 6.20 Å². The van der Waals surface area contributed by atoms with Crippen molar-refractivity contribution in [2.24, 2.45) is 5.92 Å². The van der Waals surface area contributed by atoms with E-state index in [-0.39, 0.29) is 6.04 Å². The maximum atomic E-state index is 12.7. The Kier molecular flexibility index (Phi) is 6.05. The topological polar surface area (TPSA) is 24.9 Å². The molecule has 0 aliphatic heterocycles. The number of rotatable bonds is 6. The van der Waals surface area contributed by atoms with E-state index in [1.807, 2.05) is 6.92 Å². The zero-order chi connectivity index (χ0) is 15.3. The SMILES string of the molecule is CCNC(CCC1CCCCC1)c1cnc(C(F)(F)F)s1. The molecule has 0 bridgehead atoms. The zero-order valence-electron chi connectivity index (χ0n) is 12.4. The Balaban J connectivity index is 1.95. The maximum Gasteiger partial charge on any atom is 0.443 e. The van der Waals surface area contributed by atoms with Crippen LogP contribution in [0.5, 0.6) is 0 Å². The fourth-order valence-corrected chi connectivity index (χ4v) is 3.94. The van der Waals surface area contributed by atoms with Gasteiger partial charge in [0.25, 0.3) is 0 Å². The number of alkyl halides is 3. The first-order valence-corrected chi connectivity index (χ1v) is 8.58. The van der Waals surface area contributed by atoms with Crippen molar-refractivity contribution in [3.05, 3.63) is 16.1 Å². The Morgan fingerprint density at radius 3 is 2.62 bits per heavy atom. The van der Waals surface area contributed by atoms with Gasteiger partial charge in [0.05, 0.1) is 0 Å². The number of nitrogens with one attached hydrogen (secondary N) is 1. The van der Waals surface area contributed by atoms with Crippen LogP contribution in [-0.4, -0.2) is 11.5 Å². The molecule has 1 heterocycles. The molecule has 0 aromatic carbocycles. The molecule has 0 radical (unpaired) electrons. The first-order chi connectivity index (χ1) is 10.0. The Labute approximate surface area is 128 Å². The molecule has 2 rings (SSSR count). The molecule has 1 atom stereocenters. The molecule has 1 aromatic heterocycles. The molecular weight excluding hydrogens is 297 g/mol. The van der Waals surface area contributed by atoms with Gasteiger partial charge in [-0.25, -0.2) is 4.98 Å². The third kappa shape index (κ3) is 4.95. The quantitative estimate of drug-likeness (QED) is 0.782. The van der Waals surface area contributed by atoms with Crippen LogP contribution < -0.4 is 5.32 Å². The van der Waals surface area contributed by atoms with Crippen molar-refractivity contribution in [3.63, 3.8) is 0 Å². The van der Waals surface area contributed by atoms with Crippen LogP contribution >= 0.6 is 11.3 Å². The summed E-state index contributed by atoms with van der Waals surface area (Å²) in [6.07, 6.45) is 5.53. The number of hydrogen-bond donors (Lipinski definition) is 1. The first kappa shape index (κ1) is 16.7. The Morgan fingerprint density at radius 2 is 2.05 bits per heavy atom. The molecule has 1 unspecified atom stereocenters. The second-order valence-electron chi connectivity index (χ2n) is 5.76. The second-order valence-corrected chi connectivity index (χ2v) is 6.82. The lowest BCUT2D eigenvalue weighted by molar-refractivity contribution is -0.137. The number of hydrogen-bond acceptors (Lipinski definition) is 3. The first-order valence-electron chi connectivity index (χ1n) is 7.77. The van der Waals surface area contributed by atoms with E-state index in [2.05, 4.69) is 10.3 Å². The van der Waals surface area contributed by atoms with Gasteiger partial charge in [0.15, 0.2) is 5.01 Å². The van der Waals surface area contributed by atoms with E-state index in [0.29, 0.717) is 4.88 Å². The van der Waals surface area contributed by atoms with Gasteiger partial charge in [-0.15, -0.1) is 11.3 Å². The molecule has 0 spiro atoms. The average molecular weight is 320 g/mol. The third-order valence-electron chi connectivity index (χ3n) is 4.15. The molecule has 1 N–H and O–H groups in total. The van der Waals surface area contributed by atoms with E-state index in [4.69, 9.17) is 0 Å². The van der Waals surface area contributed by atoms with Gasteiger partial charge in [-0.3, -0.25) is 0 Å². The summed E-state index contributed by atoms with van der Waals surface area (Å²) < 4.78 is 38.0. The van der Waals surface area contributed by atoms with Crippen molar-refractivity contribution < 1.29 is 13.2 Å². The second kappa shape index (κ2) is 7.58. The molecule has 6 heteroatoms. The van der Waals surface area contributed by atoms with Crippen molar-refractivity contribution in [3.8, 4) is 0 Å². The summed E-state index contributed by atoms with van der Waals surface area (Å²) in [5, 5.41) is 2.57. The van der Waals surface area contributed by atoms with Crippen molar-refractivity contribution >= 4 is 11.3 Å². The Morgan fingerprint density at radius 1 is 1.33 bits per heavy atom. The van der Waals surface area contributed by atoms with Crippen molar-refractivity contribution in [1.29, 1.82) is 0 Å². The Bertz CT molecular complexity index is 425. The number of halogens is 3. The lowest BCUT2D eigenvalue weighted by Gasteiger charge is -2.24. The summed E-state index contributed by atoms with van der Waals surface area (Å²) in [7, 11) is 0. The maximum absolute atomic E-state index is 12.7. The standard InChI is InChI=1S/C15H23F3N2S/c1-2-19-12(9-8-11-6-4-3-5-7-11)13-10-20-14(21-13)15(16,17)18/h10-12,19H,2-9H2,1H3. The van der Waals surface area contributed by atoms with Gasteiger partial charge in [0.1, 0.15) is 0 Å². The molecule has 1 aliphatic rings. The smallest absolute Gasteiger partial charge is 0.309 e. The number of aromatic nitrogens is 1. The summed E-state index contributed by atoms with van der Waals surface area (Å²) in [6.45, 7) is 2.74. The summed E-state index contributed by atoms with van der Waals surface area (Å²) in [5.74, 6) is 0.745. The monoisotopic (exact) mass is 320 g/mol. The fraction of sp³-hybridized carbons (Fsp3) is 0.800. The third-order valence-corrected chi connectivity index (χ3v) is 5.30. The minimum atomic E-state index is -4.33. The van der Waals surface area contributed by atoms with Gasteiger partial charge in [-0.2, -0.15) is 13.2 Å². The Hall–Kier alpha value is -0.620. The highest BCUT2D eigenvalue weighted by Crippen LogP contribution is 2.36. The highest BCUT2D eigenvalue weighted by Gasteiger charge is 2.35. The summed E-state index contributed by atoms with van der Waals surface area (Å²) >= 11 is 0.776. The lowest BCUT2D eigenvalue weighted by atomic mass is 9.85. The highest BCUT2D eigenvalue weighted by molar-refractivity contribution is 7.11. The van der Waals surface area contributed by atoms with Crippen LogP contribution in [0.3, 0.4) is 0 Å². The van der Waals surface area contributed by atoms with Crippen LogP contribution in [0, 0.1) is 5.92 Å². The molecule has 0 saturated heterocycles. The van der Waals surface area contributed by atoms with Crippen molar-refractivity contribution in [2.45, 2.75) is 64.1 Å². The average Bonchev–Trinajstić information content (AvgIpc) is 2.94. The predicted octanol–water partition coefficient (Wildman–Crippen LogP) is 5.17. The van der Waals surface area contributed by atoms with Crippen LogP contribution in [0.1, 0.15) is 67.8 Å². The molecule has 2 nitrogen and oxygen atoms in total. The molecule has 0 amide bonds. The normalized spacial score (nSPS) is 18.9. The highest BCUT2D eigenvalue weighted by atomic mass is 32.1. The zero-order valence-corrected chi connectivity index (χ0v) is 13.2. The van der Waals surface area contributed by atoms with Crippen molar-refractivity contribution in [1.82, 2.24) is 10.3 Å². The van der Waals surface area contributed by atoms with E-state index < -0.39 is 11.2 Å². The fourth-order valence-electron chi connectivity index (χ4n) is 3.05. The van der Waals surface area contributed by atoms with Crippen LogP contribution in [0.4, 0.5) is 13.2 Å². The van der Waals surface area contributed by atoms with Crippen LogP contribution in [0.25, 0.3) is 0 Å². The van der Waals surface area contributed by atoms with E-state index >= 15 is 0 Å². The number of thiazole rings is 1. The van der Waals surface area contributed by atoms with E-state index in [0.717, 1.165) is 36.6 Å². The summed E-state index contributed by atoms with van der Waals surface area (Å²) in [4.78, 5) is 4.25. The minimum Gasteiger partial charge on any atom is -0.309 e. The van der Waals surface area contributed by atoms with Gasteiger partial charge in [0, 0.05) is 17.1 Å². The van der Waals surface area contributed by atoms with E-state index in [1.54, 1.807) is 0 Å². The van der Waals surface area contributed by atoms with Gasteiger partial charge in [-0.05, 0) is 25.3 Å². The molecule has 120 valence electrons. The van der Waals surface area contributed by atoms with Gasteiger partial charge < -0.3 is 5.32 Å². The molecule has 21 heavy (non-hydrogen) atoms. The molecule has 1 aromatic rings. The van der Waals surface area contributed by atoms with Crippen LogP contribution in [-0.2, 0) is 6.18 Å². The van der Waals surface area contributed by atoms with E-state index in [9.17, 15) is 13.2 Å². The van der Waals surface area contributed by atoms with Gasteiger partial charge in [-0.1, -0.05) is 39.0 Å². The van der Waals surface area contributed by atoms with Crippen molar-refractivity contribution in [2.75, 3.05) is 6.54 Å². The van der Waals surface area contributed by atoms with Crippen LogP contribution in [0.2, 0.25) is 0 Å².